The summed E-state index contributed by atoms with van der Waals surface area (Å²) in [6.07, 6.45) is 3.66. The highest BCUT2D eigenvalue weighted by Gasteiger charge is 2.13. The molecule has 0 saturated carbocycles. The smallest absolute Gasteiger partial charge is 0.331 e. The summed E-state index contributed by atoms with van der Waals surface area (Å²) in [5.41, 5.74) is 6.01. The van der Waals surface area contributed by atoms with Gasteiger partial charge in [0.1, 0.15) is 5.69 Å². The van der Waals surface area contributed by atoms with Crippen molar-refractivity contribution < 1.29 is 0 Å². The van der Waals surface area contributed by atoms with Crippen molar-refractivity contribution in [2.45, 2.75) is 59.5 Å². The SMILES string of the molecule is CCCCn1c(C)c(N)c(=O)n(CCCC)c1=O. The number of nitrogens with zero attached hydrogens (tertiary/aromatic N) is 2. The van der Waals surface area contributed by atoms with Crippen molar-refractivity contribution in [1.82, 2.24) is 9.13 Å². The molecule has 5 nitrogen and oxygen atoms in total. The molecule has 0 bridgehead atoms. The second-order valence-electron chi connectivity index (χ2n) is 4.60. The Hall–Kier alpha value is -1.52. The van der Waals surface area contributed by atoms with E-state index in [1.54, 1.807) is 11.5 Å². The number of hydrogen-bond acceptors (Lipinski definition) is 3. The van der Waals surface area contributed by atoms with Gasteiger partial charge in [0.15, 0.2) is 0 Å². The normalized spacial score (nSPS) is 10.8. The van der Waals surface area contributed by atoms with Crippen LogP contribution in [0, 0.1) is 6.92 Å². The summed E-state index contributed by atoms with van der Waals surface area (Å²) < 4.78 is 2.89. The highest BCUT2D eigenvalue weighted by molar-refractivity contribution is 5.39. The largest absolute Gasteiger partial charge is 0.393 e. The van der Waals surface area contributed by atoms with Crippen LogP contribution in [0.3, 0.4) is 0 Å². The maximum atomic E-state index is 12.2. The number of unbranched alkanes of at least 4 members (excludes halogenated alkanes) is 2. The predicted molar refractivity (Wildman–Crippen MR) is 73.9 cm³/mol. The molecule has 0 radical (unpaired) electrons. The molecule has 5 heteroatoms. The van der Waals surface area contributed by atoms with Crippen LogP contribution >= 0.6 is 0 Å². The van der Waals surface area contributed by atoms with E-state index in [4.69, 9.17) is 5.73 Å². The number of nitrogen functional groups attached to an aromatic ring is 1. The standard InChI is InChI=1S/C13H23N3O2/c1-4-6-8-15-10(3)11(14)12(17)16(13(15)18)9-7-5-2/h4-9,14H2,1-3H3. The lowest BCUT2D eigenvalue weighted by Gasteiger charge is -2.14. The summed E-state index contributed by atoms with van der Waals surface area (Å²) in [5, 5.41) is 0. The van der Waals surface area contributed by atoms with E-state index in [0.717, 1.165) is 25.7 Å². The van der Waals surface area contributed by atoms with Crippen LogP contribution in [-0.4, -0.2) is 9.13 Å². The fourth-order valence-electron chi connectivity index (χ4n) is 1.91. The zero-order valence-electron chi connectivity index (χ0n) is 11.5. The minimum absolute atomic E-state index is 0.196. The van der Waals surface area contributed by atoms with Crippen molar-refractivity contribution in [2.24, 2.45) is 0 Å². The molecule has 0 fully saturated rings. The first-order valence-corrected chi connectivity index (χ1v) is 6.64. The molecule has 0 amide bonds. The third-order valence-electron chi connectivity index (χ3n) is 3.20. The average molecular weight is 253 g/mol. The van der Waals surface area contributed by atoms with E-state index in [1.807, 2.05) is 6.92 Å². The summed E-state index contributed by atoms with van der Waals surface area (Å²) in [7, 11) is 0. The van der Waals surface area contributed by atoms with Gasteiger partial charge < -0.3 is 5.73 Å². The van der Waals surface area contributed by atoms with Crippen molar-refractivity contribution in [3.8, 4) is 0 Å². The van der Waals surface area contributed by atoms with Gasteiger partial charge in [-0.05, 0) is 19.8 Å². The molecule has 0 aliphatic rings. The van der Waals surface area contributed by atoms with Gasteiger partial charge in [0.05, 0.1) is 0 Å². The molecule has 102 valence electrons. The zero-order valence-corrected chi connectivity index (χ0v) is 11.5. The highest BCUT2D eigenvalue weighted by atomic mass is 16.2. The van der Waals surface area contributed by atoms with Gasteiger partial charge in [-0.25, -0.2) is 4.79 Å². The highest BCUT2D eigenvalue weighted by Crippen LogP contribution is 2.04. The van der Waals surface area contributed by atoms with E-state index in [9.17, 15) is 9.59 Å². The third-order valence-corrected chi connectivity index (χ3v) is 3.20. The second-order valence-corrected chi connectivity index (χ2v) is 4.60. The Morgan fingerprint density at radius 3 is 2.00 bits per heavy atom. The molecule has 0 atom stereocenters. The maximum Gasteiger partial charge on any atom is 0.331 e. The van der Waals surface area contributed by atoms with Gasteiger partial charge in [-0.2, -0.15) is 0 Å². The van der Waals surface area contributed by atoms with Crippen LogP contribution in [0.15, 0.2) is 9.59 Å². The average Bonchev–Trinajstić information content (AvgIpc) is 2.36. The maximum absolute atomic E-state index is 12.2. The van der Waals surface area contributed by atoms with Crippen molar-refractivity contribution >= 4 is 5.69 Å². The van der Waals surface area contributed by atoms with E-state index >= 15 is 0 Å². The summed E-state index contributed by atoms with van der Waals surface area (Å²) in [6.45, 7) is 6.90. The summed E-state index contributed by atoms with van der Waals surface area (Å²) >= 11 is 0. The van der Waals surface area contributed by atoms with E-state index < -0.39 is 0 Å². The molecule has 0 unspecified atom stereocenters. The third kappa shape index (κ3) is 2.83. The molecule has 0 saturated heterocycles. The monoisotopic (exact) mass is 253 g/mol. The minimum atomic E-state index is -0.348. The molecular formula is C13H23N3O2. The quantitative estimate of drug-likeness (QED) is 0.835. The van der Waals surface area contributed by atoms with Crippen molar-refractivity contribution in [3.05, 3.63) is 26.5 Å². The fourth-order valence-corrected chi connectivity index (χ4v) is 1.91. The van der Waals surface area contributed by atoms with Gasteiger partial charge in [0.25, 0.3) is 5.56 Å². The minimum Gasteiger partial charge on any atom is -0.393 e. The zero-order chi connectivity index (χ0) is 13.7. The summed E-state index contributed by atoms with van der Waals surface area (Å²) in [6, 6.07) is 0. The molecule has 0 spiro atoms. The lowest BCUT2D eigenvalue weighted by Crippen LogP contribution is -2.42. The Morgan fingerprint density at radius 2 is 1.50 bits per heavy atom. The van der Waals surface area contributed by atoms with Gasteiger partial charge in [0.2, 0.25) is 0 Å². The second kappa shape index (κ2) is 6.42. The molecular weight excluding hydrogens is 230 g/mol. The summed E-state index contributed by atoms with van der Waals surface area (Å²) in [5.74, 6) is 0. The Morgan fingerprint density at radius 1 is 1.00 bits per heavy atom. The molecule has 1 heterocycles. The number of hydrogen-bond donors (Lipinski definition) is 1. The van der Waals surface area contributed by atoms with Gasteiger partial charge in [0, 0.05) is 18.8 Å². The first-order valence-electron chi connectivity index (χ1n) is 6.64. The predicted octanol–water partition coefficient (Wildman–Crippen LogP) is 1.50. The topological polar surface area (TPSA) is 70.0 Å². The molecule has 1 rings (SSSR count). The fraction of sp³-hybridized carbons (Fsp3) is 0.692. The van der Waals surface area contributed by atoms with Crippen LogP contribution in [0.25, 0.3) is 0 Å². The molecule has 0 aliphatic carbocycles. The molecule has 0 aliphatic heterocycles. The van der Waals surface area contributed by atoms with Gasteiger partial charge in [-0.1, -0.05) is 26.7 Å². The van der Waals surface area contributed by atoms with Crippen LogP contribution in [0.5, 0.6) is 0 Å². The van der Waals surface area contributed by atoms with Crippen LogP contribution in [0.1, 0.15) is 45.2 Å². The Labute approximate surface area is 107 Å². The van der Waals surface area contributed by atoms with Crippen LogP contribution in [-0.2, 0) is 13.1 Å². The number of nitrogens with two attached hydrogens (primary N) is 1. The molecule has 18 heavy (non-hydrogen) atoms. The van der Waals surface area contributed by atoms with Crippen LogP contribution in [0.4, 0.5) is 5.69 Å². The molecule has 2 N–H and O–H groups in total. The Balaban J connectivity index is 3.30. The van der Waals surface area contributed by atoms with Crippen molar-refractivity contribution in [2.75, 3.05) is 5.73 Å². The number of anilines is 1. The van der Waals surface area contributed by atoms with Crippen LogP contribution in [0.2, 0.25) is 0 Å². The van der Waals surface area contributed by atoms with E-state index in [1.165, 1.54) is 4.57 Å². The lowest BCUT2D eigenvalue weighted by atomic mass is 10.3. The van der Waals surface area contributed by atoms with E-state index in [-0.39, 0.29) is 16.9 Å². The first kappa shape index (κ1) is 14.5. The number of rotatable bonds is 6. The molecule has 1 aromatic rings. The van der Waals surface area contributed by atoms with Gasteiger partial charge in [-0.3, -0.25) is 13.9 Å². The molecule has 0 aromatic carbocycles. The van der Waals surface area contributed by atoms with Gasteiger partial charge >= 0.3 is 5.69 Å². The number of aromatic nitrogens is 2. The lowest BCUT2D eigenvalue weighted by molar-refractivity contribution is 0.510. The molecule has 1 aromatic heterocycles. The Bertz CT molecular complexity index is 514. The van der Waals surface area contributed by atoms with E-state index in [2.05, 4.69) is 6.92 Å². The summed E-state index contributed by atoms with van der Waals surface area (Å²) in [4.78, 5) is 24.2. The van der Waals surface area contributed by atoms with Gasteiger partial charge in [-0.15, -0.1) is 0 Å². The van der Waals surface area contributed by atoms with Crippen LogP contribution < -0.4 is 17.0 Å². The van der Waals surface area contributed by atoms with Crippen molar-refractivity contribution in [3.63, 3.8) is 0 Å². The van der Waals surface area contributed by atoms with Crippen molar-refractivity contribution in [1.29, 1.82) is 0 Å². The Kier molecular flexibility index (Phi) is 5.19. The van der Waals surface area contributed by atoms with E-state index in [0.29, 0.717) is 18.8 Å². The first-order chi connectivity index (χ1) is 8.54.